The SMILES string of the molecule is CC(C)(C)CCc1cc2c(cn1)Oc1ccc(-c3cccnc3F)cc1C21COC(N)=N1.O=c1c2cc(Br)ccc2oc2cnc(Cl)cc12. The van der Waals surface area contributed by atoms with Crippen molar-refractivity contribution in [1.82, 2.24) is 15.0 Å². The number of nitrogens with zero attached hydrogens (tertiary/aromatic N) is 4. The minimum absolute atomic E-state index is 0.105. The molecule has 1 atom stereocenters. The molecule has 49 heavy (non-hydrogen) atoms. The van der Waals surface area contributed by atoms with E-state index in [0.717, 1.165) is 34.1 Å². The Balaban J connectivity index is 0.000000186. The number of pyridine rings is 3. The number of rotatable bonds is 3. The fourth-order valence-electron chi connectivity index (χ4n) is 5.92. The maximum absolute atomic E-state index is 14.4. The second-order valence-corrected chi connectivity index (χ2v) is 14.4. The van der Waals surface area contributed by atoms with Crippen LogP contribution in [0.4, 0.5) is 4.39 Å². The number of aliphatic imine (C=N–C) groups is 1. The highest BCUT2D eigenvalue weighted by molar-refractivity contribution is 9.10. The van der Waals surface area contributed by atoms with E-state index >= 15 is 0 Å². The zero-order valence-electron chi connectivity index (χ0n) is 26.8. The van der Waals surface area contributed by atoms with Crippen LogP contribution in [0, 0.1) is 11.4 Å². The molecule has 248 valence electrons. The zero-order valence-corrected chi connectivity index (χ0v) is 29.1. The van der Waals surface area contributed by atoms with Crippen molar-refractivity contribution in [1.29, 1.82) is 0 Å². The Kier molecular flexibility index (Phi) is 8.36. The van der Waals surface area contributed by atoms with Crippen LogP contribution in [0.25, 0.3) is 33.1 Å². The van der Waals surface area contributed by atoms with Gasteiger partial charge in [0.2, 0.25) is 11.4 Å². The molecule has 2 N–H and O–H groups in total. The second-order valence-electron chi connectivity index (χ2n) is 13.1. The third-order valence-corrected chi connectivity index (χ3v) is 9.13. The lowest BCUT2D eigenvalue weighted by atomic mass is 9.80. The van der Waals surface area contributed by atoms with Crippen molar-refractivity contribution in [2.75, 3.05) is 6.61 Å². The molecule has 12 heteroatoms. The van der Waals surface area contributed by atoms with Gasteiger partial charge >= 0.3 is 0 Å². The van der Waals surface area contributed by atoms with E-state index in [-0.39, 0.29) is 28.6 Å². The quantitative estimate of drug-likeness (QED) is 0.141. The number of fused-ring (bicyclic) bond motifs is 6. The van der Waals surface area contributed by atoms with Crippen molar-refractivity contribution in [2.45, 2.75) is 39.2 Å². The molecule has 0 amide bonds. The lowest BCUT2D eigenvalue weighted by Gasteiger charge is -2.34. The molecule has 2 aliphatic heterocycles. The van der Waals surface area contributed by atoms with Gasteiger partial charge in [-0.15, -0.1) is 0 Å². The van der Waals surface area contributed by atoms with Gasteiger partial charge in [-0.05, 0) is 78.4 Å². The standard InChI is InChI=1S/C25H25FN4O2.C12H5BrClNO2/c1-24(2,3)9-8-16-12-19-21(13-29-16)32-20-7-6-15(17-5-4-10-28-22(17)26)11-18(20)25(19)14-31-23(27)30-25;13-6-1-2-9-7(3-6)12(16)8-4-11(14)15-5-10(8)17-9/h4-7,10-13H,8-9,14H2,1-3H3,(H2,27,30);1-5H. The molecule has 0 fully saturated rings. The van der Waals surface area contributed by atoms with Crippen LogP contribution in [0.3, 0.4) is 0 Å². The van der Waals surface area contributed by atoms with Gasteiger partial charge in [-0.1, -0.05) is 54.4 Å². The van der Waals surface area contributed by atoms with Crippen LogP contribution in [0.5, 0.6) is 11.5 Å². The Labute approximate surface area is 294 Å². The van der Waals surface area contributed by atoms with E-state index in [1.807, 2.05) is 30.3 Å². The molecule has 2 aliphatic rings. The molecule has 0 aliphatic carbocycles. The molecule has 0 saturated carbocycles. The molecule has 1 unspecified atom stereocenters. The number of aryl methyl sites for hydroxylation is 1. The summed E-state index contributed by atoms with van der Waals surface area (Å²) in [4.78, 5) is 29.2. The van der Waals surface area contributed by atoms with Crippen molar-refractivity contribution >= 4 is 55.5 Å². The minimum atomic E-state index is -0.874. The summed E-state index contributed by atoms with van der Waals surface area (Å²) in [6.45, 7) is 6.87. The Morgan fingerprint density at radius 2 is 1.76 bits per heavy atom. The van der Waals surface area contributed by atoms with Crippen LogP contribution in [0.15, 0.2) is 97.9 Å². The summed E-state index contributed by atoms with van der Waals surface area (Å²) < 4.78 is 32.6. The van der Waals surface area contributed by atoms with Gasteiger partial charge in [-0.25, -0.2) is 15.0 Å². The van der Waals surface area contributed by atoms with E-state index in [2.05, 4.69) is 51.7 Å². The van der Waals surface area contributed by atoms with Crippen LogP contribution < -0.4 is 15.9 Å². The monoisotopic (exact) mass is 741 g/mol. The molecule has 0 radical (unpaired) electrons. The average molecular weight is 743 g/mol. The molecule has 6 heterocycles. The van der Waals surface area contributed by atoms with Crippen LogP contribution >= 0.6 is 27.5 Å². The first kappa shape index (κ1) is 32.7. The van der Waals surface area contributed by atoms with Crippen molar-refractivity contribution in [2.24, 2.45) is 16.1 Å². The van der Waals surface area contributed by atoms with Crippen LogP contribution in [-0.2, 0) is 16.7 Å². The van der Waals surface area contributed by atoms with E-state index in [9.17, 15) is 9.18 Å². The molecule has 0 saturated heterocycles. The Morgan fingerprint density at radius 1 is 0.959 bits per heavy atom. The molecular formula is C37H30BrClFN5O4. The second kappa shape index (κ2) is 12.5. The largest absolute Gasteiger partial charge is 0.462 e. The summed E-state index contributed by atoms with van der Waals surface area (Å²) in [7, 11) is 0. The first-order valence-corrected chi connectivity index (χ1v) is 16.7. The van der Waals surface area contributed by atoms with E-state index < -0.39 is 11.5 Å². The van der Waals surface area contributed by atoms with Crippen molar-refractivity contribution < 1.29 is 18.3 Å². The summed E-state index contributed by atoms with van der Waals surface area (Å²) in [5.41, 5.74) is 9.86. The fraction of sp³-hybridized carbons (Fsp3) is 0.216. The summed E-state index contributed by atoms with van der Waals surface area (Å²) in [6, 6.07) is 17.9. The molecular weight excluding hydrogens is 713 g/mol. The highest BCUT2D eigenvalue weighted by Crippen LogP contribution is 2.51. The predicted molar refractivity (Wildman–Crippen MR) is 191 cm³/mol. The third kappa shape index (κ3) is 6.36. The maximum atomic E-state index is 14.4. The number of aromatic nitrogens is 3. The number of hydrogen-bond acceptors (Lipinski definition) is 9. The average Bonchev–Trinajstić information content (AvgIpc) is 3.47. The minimum Gasteiger partial charge on any atom is -0.462 e. The first-order chi connectivity index (χ1) is 23.4. The van der Waals surface area contributed by atoms with Crippen LogP contribution in [-0.4, -0.2) is 27.6 Å². The van der Waals surface area contributed by atoms with Gasteiger partial charge in [-0.2, -0.15) is 4.39 Å². The van der Waals surface area contributed by atoms with Crippen LogP contribution in [0.2, 0.25) is 5.15 Å². The number of ether oxygens (including phenoxy) is 2. The highest BCUT2D eigenvalue weighted by Gasteiger charge is 2.47. The van der Waals surface area contributed by atoms with Crippen molar-refractivity contribution in [3.63, 3.8) is 0 Å². The number of benzene rings is 2. The lowest BCUT2D eigenvalue weighted by molar-refractivity contribution is 0.264. The summed E-state index contributed by atoms with van der Waals surface area (Å²) in [6.07, 6.45) is 6.47. The predicted octanol–water partition coefficient (Wildman–Crippen LogP) is 8.71. The Morgan fingerprint density at radius 3 is 2.51 bits per heavy atom. The molecule has 8 rings (SSSR count). The zero-order chi connectivity index (χ0) is 34.5. The smallest absolute Gasteiger partial charge is 0.283 e. The van der Waals surface area contributed by atoms with Gasteiger partial charge in [0.15, 0.2) is 16.9 Å². The van der Waals surface area contributed by atoms with E-state index in [0.29, 0.717) is 44.6 Å². The summed E-state index contributed by atoms with van der Waals surface area (Å²) in [5.74, 6) is 0.717. The molecule has 6 aromatic rings. The van der Waals surface area contributed by atoms with Gasteiger partial charge in [0.25, 0.3) is 6.02 Å². The molecule has 0 bridgehead atoms. The fourth-order valence-corrected chi connectivity index (χ4v) is 6.44. The highest BCUT2D eigenvalue weighted by atomic mass is 79.9. The lowest BCUT2D eigenvalue weighted by Crippen LogP contribution is -2.31. The first-order valence-electron chi connectivity index (χ1n) is 15.5. The number of amidine groups is 1. The van der Waals surface area contributed by atoms with Gasteiger partial charge < -0.3 is 19.6 Å². The number of nitrogens with two attached hydrogens (primary N) is 1. The number of hydrogen-bond donors (Lipinski definition) is 1. The van der Waals surface area contributed by atoms with E-state index in [4.69, 9.17) is 36.2 Å². The van der Waals surface area contributed by atoms with Gasteiger partial charge in [0.1, 0.15) is 23.1 Å². The van der Waals surface area contributed by atoms with E-state index in [1.165, 1.54) is 18.5 Å². The molecule has 9 nitrogen and oxygen atoms in total. The van der Waals surface area contributed by atoms with Gasteiger partial charge in [0, 0.05) is 33.1 Å². The summed E-state index contributed by atoms with van der Waals surface area (Å²) >= 11 is 9.10. The normalized spacial score (nSPS) is 16.3. The number of halogens is 3. The van der Waals surface area contributed by atoms with Crippen molar-refractivity contribution in [3.8, 4) is 22.6 Å². The topological polar surface area (TPSA) is 126 Å². The Hall–Kier alpha value is -4.87. The van der Waals surface area contributed by atoms with Gasteiger partial charge in [0.05, 0.1) is 23.2 Å². The van der Waals surface area contributed by atoms with Crippen LogP contribution in [0.1, 0.15) is 44.0 Å². The molecule has 1 spiro atoms. The molecule has 4 aromatic heterocycles. The maximum Gasteiger partial charge on any atom is 0.283 e. The third-order valence-electron chi connectivity index (χ3n) is 8.43. The molecule has 2 aromatic carbocycles. The Bertz CT molecular complexity index is 2300. The van der Waals surface area contributed by atoms with Gasteiger partial charge in [-0.3, -0.25) is 9.78 Å². The van der Waals surface area contributed by atoms with E-state index in [1.54, 1.807) is 30.5 Å². The summed E-state index contributed by atoms with van der Waals surface area (Å²) in [5, 5.41) is 1.24. The van der Waals surface area contributed by atoms with Crippen molar-refractivity contribution in [3.05, 3.63) is 122 Å².